The van der Waals surface area contributed by atoms with Gasteiger partial charge in [-0.1, -0.05) is 18.2 Å². The zero-order valence-corrected chi connectivity index (χ0v) is 12.1. The van der Waals surface area contributed by atoms with Gasteiger partial charge in [-0.3, -0.25) is 0 Å². The van der Waals surface area contributed by atoms with Crippen LogP contribution in [0, 0.1) is 0 Å². The zero-order valence-electron chi connectivity index (χ0n) is 12.1. The molecule has 0 fully saturated rings. The Labute approximate surface area is 136 Å². The van der Waals surface area contributed by atoms with Crippen molar-refractivity contribution < 1.29 is 40.7 Å². The van der Waals surface area contributed by atoms with E-state index in [2.05, 4.69) is 4.74 Å². The zero-order chi connectivity index (χ0) is 18.8. The maximum Gasteiger partial charge on any atom is 0.416 e. The van der Waals surface area contributed by atoms with E-state index in [1.807, 2.05) is 0 Å². The van der Waals surface area contributed by atoms with Crippen LogP contribution in [0.15, 0.2) is 48.5 Å². The lowest BCUT2D eigenvalue weighted by molar-refractivity contribution is -0.143. The molecule has 0 aliphatic heterocycles. The van der Waals surface area contributed by atoms with Gasteiger partial charge in [0.2, 0.25) is 0 Å². The molecule has 0 bridgehead atoms. The minimum atomic E-state index is -5.11. The van der Waals surface area contributed by atoms with Crippen LogP contribution in [0.2, 0.25) is 0 Å². The highest BCUT2D eigenvalue weighted by Gasteiger charge is 2.37. The van der Waals surface area contributed by atoms with Crippen molar-refractivity contribution >= 4 is 11.9 Å². The van der Waals surface area contributed by atoms with Crippen LogP contribution in [0.5, 0.6) is 0 Å². The fourth-order valence-electron chi connectivity index (χ4n) is 1.85. The average Bonchev–Trinajstić information content (AvgIpc) is 2.53. The molecule has 0 heterocycles. The summed E-state index contributed by atoms with van der Waals surface area (Å²) in [6.07, 6.45) is -10.2. The van der Waals surface area contributed by atoms with Gasteiger partial charge in [0.1, 0.15) is 0 Å². The number of rotatable bonds is 2. The maximum atomic E-state index is 12.7. The number of esters is 2. The summed E-state index contributed by atoms with van der Waals surface area (Å²) in [5.74, 6) is -2.82. The second-order valence-electron chi connectivity index (χ2n) is 4.84. The van der Waals surface area contributed by atoms with Gasteiger partial charge in [-0.05, 0) is 30.3 Å². The first-order valence-electron chi connectivity index (χ1n) is 6.59. The van der Waals surface area contributed by atoms with Crippen LogP contribution in [0.25, 0.3) is 0 Å². The van der Waals surface area contributed by atoms with E-state index in [4.69, 9.17) is 0 Å². The second-order valence-corrected chi connectivity index (χ2v) is 4.84. The Balaban J connectivity index is 2.37. The third-order valence-corrected chi connectivity index (χ3v) is 3.02. The summed E-state index contributed by atoms with van der Waals surface area (Å²) in [7, 11) is 0. The predicted octanol–water partition coefficient (Wildman–Crippen LogP) is 4.72. The lowest BCUT2D eigenvalue weighted by Gasteiger charge is -2.13. The van der Waals surface area contributed by atoms with Gasteiger partial charge in [-0.2, -0.15) is 26.3 Å². The summed E-state index contributed by atoms with van der Waals surface area (Å²) in [5, 5.41) is 0. The highest BCUT2D eigenvalue weighted by Crippen LogP contribution is 2.36. The normalized spacial score (nSPS) is 11.9. The second kappa shape index (κ2) is 6.58. The first kappa shape index (κ1) is 18.5. The van der Waals surface area contributed by atoms with Crippen molar-refractivity contribution in [2.45, 2.75) is 12.4 Å². The number of carbonyl (C=O) groups is 2. The molecule has 3 nitrogen and oxygen atoms in total. The van der Waals surface area contributed by atoms with E-state index < -0.39 is 41.0 Å². The van der Waals surface area contributed by atoms with Gasteiger partial charge < -0.3 is 4.74 Å². The van der Waals surface area contributed by atoms with Crippen LogP contribution in [0.3, 0.4) is 0 Å². The van der Waals surface area contributed by atoms with Crippen LogP contribution in [-0.2, 0) is 17.1 Å². The third kappa shape index (κ3) is 4.59. The van der Waals surface area contributed by atoms with Crippen LogP contribution < -0.4 is 0 Å². The molecule has 0 unspecified atom stereocenters. The highest BCUT2D eigenvalue weighted by atomic mass is 19.4. The van der Waals surface area contributed by atoms with Crippen molar-refractivity contribution in [3.63, 3.8) is 0 Å². The minimum Gasteiger partial charge on any atom is -0.386 e. The quantitative estimate of drug-likeness (QED) is 0.441. The molecule has 25 heavy (non-hydrogen) atoms. The molecule has 0 aliphatic rings. The van der Waals surface area contributed by atoms with E-state index in [1.165, 1.54) is 24.3 Å². The fourth-order valence-corrected chi connectivity index (χ4v) is 1.85. The summed E-state index contributed by atoms with van der Waals surface area (Å²) >= 11 is 0. The number of alkyl halides is 6. The molecule has 0 spiro atoms. The molecule has 0 saturated carbocycles. The average molecular weight is 362 g/mol. The highest BCUT2D eigenvalue weighted by molar-refractivity contribution is 6.02. The molecule has 0 saturated heterocycles. The summed E-state index contributed by atoms with van der Waals surface area (Å²) in [5.41, 5.74) is -4.48. The Bertz CT molecular complexity index is 762. The van der Waals surface area contributed by atoms with Crippen molar-refractivity contribution in [2.75, 3.05) is 0 Å². The van der Waals surface area contributed by atoms with Gasteiger partial charge in [0.15, 0.2) is 0 Å². The van der Waals surface area contributed by atoms with Crippen LogP contribution in [-0.4, -0.2) is 11.9 Å². The number of hydrogen-bond donors (Lipinski definition) is 0. The Morgan fingerprint density at radius 2 is 1.12 bits per heavy atom. The van der Waals surface area contributed by atoms with Gasteiger partial charge in [-0.15, -0.1) is 0 Å². The number of benzene rings is 2. The van der Waals surface area contributed by atoms with Crippen molar-refractivity contribution in [1.29, 1.82) is 0 Å². The summed E-state index contributed by atoms with van der Waals surface area (Å²) < 4.78 is 80.8. The standard InChI is InChI=1S/C16H8F6O3/c17-15(18,19)11-6-10(7-12(8-11)16(20,21)22)14(24)25-13(23)9-4-2-1-3-5-9/h1-8H. The van der Waals surface area contributed by atoms with E-state index in [9.17, 15) is 35.9 Å². The lowest BCUT2D eigenvalue weighted by atomic mass is 10.0. The largest absolute Gasteiger partial charge is 0.416 e. The topological polar surface area (TPSA) is 43.4 Å². The molecule has 0 radical (unpaired) electrons. The third-order valence-electron chi connectivity index (χ3n) is 3.02. The fraction of sp³-hybridized carbons (Fsp3) is 0.125. The molecule has 0 N–H and O–H groups in total. The SMILES string of the molecule is O=C(OC(=O)c1cc(C(F)(F)F)cc(C(F)(F)F)c1)c1ccccc1. The Hall–Kier alpha value is -2.84. The van der Waals surface area contributed by atoms with E-state index in [-0.39, 0.29) is 23.8 Å². The molecule has 2 aromatic rings. The van der Waals surface area contributed by atoms with E-state index in [1.54, 1.807) is 6.07 Å². The first-order chi connectivity index (χ1) is 11.5. The first-order valence-corrected chi connectivity index (χ1v) is 6.59. The molecule has 132 valence electrons. The summed E-state index contributed by atoms with van der Waals surface area (Å²) in [6, 6.07) is 7.22. The smallest absolute Gasteiger partial charge is 0.386 e. The van der Waals surface area contributed by atoms with Crippen molar-refractivity contribution in [2.24, 2.45) is 0 Å². The van der Waals surface area contributed by atoms with E-state index in [0.29, 0.717) is 0 Å². The molecule has 0 aromatic heterocycles. The van der Waals surface area contributed by atoms with Gasteiger partial charge in [0.05, 0.1) is 22.3 Å². The molecule has 0 amide bonds. The summed E-state index contributed by atoms with van der Waals surface area (Å²) in [6.45, 7) is 0. The van der Waals surface area contributed by atoms with Crippen molar-refractivity contribution in [3.8, 4) is 0 Å². The molecule has 2 aromatic carbocycles. The lowest BCUT2D eigenvalue weighted by Crippen LogP contribution is -2.17. The Kier molecular flexibility index (Phi) is 4.87. The molecular formula is C16H8F6O3. The monoisotopic (exact) mass is 362 g/mol. The van der Waals surface area contributed by atoms with Crippen LogP contribution >= 0.6 is 0 Å². The number of ether oxygens (including phenoxy) is 1. The van der Waals surface area contributed by atoms with Crippen molar-refractivity contribution in [3.05, 3.63) is 70.8 Å². The molecular weight excluding hydrogens is 354 g/mol. The van der Waals surface area contributed by atoms with Crippen LogP contribution in [0.1, 0.15) is 31.8 Å². The van der Waals surface area contributed by atoms with Crippen LogP contribution in [0.4, 0.5) is 26.3 Å². The minimum absolute atomic E-state index is 0.0844. The van der Waals surface area contributed by atoms with E-state index in [0.717, 1.165) is 0 Å². The molecule has 0 atom stereocenters. The van der Waals surface area contributed by atoms with Gasteiger partial charge in [0.25, 0.3) is 0 Å². The maximum absolute atomic E-state index is 12.7. The molecule has 9 heteroatoms. The van der Waals surface area contributed by atoms with Crippen molar-refractivity contribution in [1.82, 2.24) is 0 Å². The number of halogens is 6. The Morgan fingerprint density at radius 3 is 1.56 bits per heavy atom. The van der Waals surface area contributed by atoms with Gasteiger partial charge in [0, 0.05) is 0 Å². The number of hydrogen-bond acceptors (Lipinski definition) is 3. The van der Waals surface area contributed by atoms with Gasteiger partial charge >= 0.3 is 24.3 Å². The predicted molar refractivity (Wildman–Crippen MR) is 72.6 cm³/mol. The van der Waals surface area contributed by atoms with E-state index >= 15 is 0 Å². The molecule has 2 rings (SSSR count). The number of carbonyl (C=O) groups excluding carboxylic acids is 2. The molecule has 0 aliphatic carbocycles. The van der Waals surface area contributed by atoms with Gasteiger partial charge in [-0.25, -0.2) is 9.59 Å². The summed E-state index contributed by atoms with van der Waals surface area (Å²) in [4.78, 5) is 23.5. The Morgan fingerprint density at radius 1 is 0.680 bits per heavy atom.